The van der Waals surface area contributed by atoms with Gasteiger partial charge in [0, 0.05) is 32.2 Å². The predicted molar refractivity (Wildman–Crippen MR) is 71.6 cm³/mol. The fraction of sp³-hybridized carbons (Fsp3) is 0.385. The molecule has 0 unspecified atom stereocenters. The lowest BCUT2D eigenvalue weighted by Gasteiger charge is -2.25. The molecule has 0 bridgehead atoms. The molecule has 0 amide bonds. The number of piperazine rings is 1. The van der Waals surface area contributed by atoms with Crippen molar-refractivity contribution < 1.29 is 8.78 Å². The Morgan fingerprint density at radius 2 is 1.90 bits per heavy atom. The summed E-state index contributed by atoms with van der Waals surface area (Å²) in [6, 6.07) is 2.31. The molecule has 1 aliphatic heterocycles. The number of benzene rings is 1. The third kappa shape index (κ3) is 2.36. The minimum atomic E-state index is -0.642. The number of H-pyrrole nitrogens is 1. The molecule has 5 nitrogen and oxygen atoms in total. The zero-order valence-corrected chi connectivity index (χ0v) is 11.1. The van der Waals surface area contributed by atoms with E-state index in [9.17, 15) is 8.78 Å². The van der Waals surface area contributed by atoms with Crippen LogP contribution in [0.25, 0.3) is 11.4 Å². The van der Waals surface area contributed by atoms with Gasteiger partial charge in [0.1, 0.15) is 11.6 Å². The van der Waals surface area contributed by atoms with Crippen molar-refractivity contribution in [2.45, 2.75) is 6.92 Å². The zero-order chi connectivity index (χ0) is 14.1. The van der Waals surface area contributed by atoms with Crippen LogP contribution >= 0.6 is 0 Å². The number of rotatable bonds is 2. The average molecular weight is 279 g/mol. The van der Waals surface area contributed by atoms with Crippen molar-refractivity contribution >= 4 is 5.95 Å². The second-order valence-electron chi connectivity index (χ2n) is 4.80. The van der Waals surface area contributed by atoms with Crippen molar-refractivity contribution in [3.63, 3.8) is 0 Å². The van der Waals surface area contributed by atoms with Crippen LogP contribution < -0.4 is 10.2 Å². The largest absolute Gasteiger partial charge is 0.337 e. The van der Waals surface area contributed by atoms with Gasteiger partial charge in [0.15, 0.2) is 5.82 Å². The highest BCUT2D eigenvalue weighted by molar-refractivity contribution is 5.58. The summed E-state index contributed by atoms with van der Waals surface area (Å²) in [4.78, 5) is 6.32. The predicted octanol–water partition coefficient (Wildman–Crippen LogP) is 1.47. The maximum Gasteiger partial charge on any atom is 0.245 e. The molecule has 1 aliphatic rings. The molecule has 20 heavy (non-hydrogen) atoms. The molecule has 0 saturated carbocycles. The van der Waals surface area contributed by atoms with E-state index in [1.807, 2.05) is 4.90 Å². The molecule has 2 N–H and O–H groups in total. The van der Waals surface area contributed by atoms with Crippen molar-refractivity contribution in [2.75, 3.05) is 31.1 Å². The summed E-state index contributed by atoms with van der Waals surface area (Å²) in [5, 5.41) is 10.1. The quantitative estimate of drug-likeness (QED) is 0.874. The smallest absolute Gasteiger partial charge is 0.245 e. The van der Waals surface area contributed by atoms with Crippen molar-refractivity contribution in [3.8, 4) is 11.4 Å². The van der Waals surface area contributed by atoms with E-state index in [1.165, 1.54) is 6.07 Å². The molecule has 1 aromatic carbocycles. The van der Waals surface area contributed by atoms with Crippen LogP contribution in [0.3, 0.4) is 0 Å². The number of aromatic nitrogens is 3. The van der Waals surface area contributed by atoms with Gasteiger partial charge >= 0.3 is 0 Å². The summed E-state index contributed by atoms with van der Waals surface area (Å²) in [5.41, 5.74) is 0.610. The number of anilines is 1. The first kappa shape index (κ1) is 13.0. The Kier molecular flexibility index (Phi) is 3.35. The fourth-order valence-electron chi connectivity index (χ4n) is 2.22. The van der Waals surface area contributed by atoms with Gasteiger partial charge in [-0.25, -0.2) is 8.78 Å². The Labute approximate surface area is 115 Å². The standard InChI is InChI=1S/C13H15F2N5/c1-8-6-9(11(15)7-10(8)14)12-17-13(19-18-12)20-4-2-16-3-5-20/h6-7,16H,2-5H2,1H3,(H,17,18,19). The van der Waals surface area contributed by atoms with Gasteiger partial charge in [0.05, 0.1) is 5.56 Å². The topological polar surface area (TPSA) is 56.8 Å². The van der Waals surface area contributed by atoms with Crippen molar-refractivity contribution in [1.82, 2.24) is 20.5 Å². The first-order chi connectivity index (χ1) is 9.65. The Morgan fingerprint density at radius 3 is 2.65 bits per heavy atom. The van der Waals surface area contributed by atoms with Crippen LogP contribution in [0.1, 0.15) is 5.56 Å². The lowest BCUT2D eigenvalue weighted by atomic mass is 10.1. The highest BCUT2D eigenvalue weighted by atomic mass is 19.1. The number of hydrogen-bond acceptors (Lipinski definition) is 4. The number of aryl methyl sites for hydroxylation is 1. The fourth-order valence-corrected chi connectivity index (χ4v) is 2.22. The van der Waals surface area contributed by atoms with Gasteiger partial charge in [-0.15, -0.1) is 5.10 Å². The molecule has 3 rings (SSSR count). The zero-order valence-electron chi connectivity index (χ0n) is 11.1. The van der Waals surface area contributed by atoms with Crippen molar-refractivity contribution in [2.24, 2.45) is 0 Å². The van der Waals surface area contributed by atoms with E-state index in [1.54, 1.807) is 6.92 Å². The summed E-state index contributed by atoms with van der Waals surface area (Å²) in [6.07, 6.45) is 0. The molecule has 0 atom stereocenters. The Hall–Kier alpha value is -2.02. The summed E-state index contributed by atoms with van der Waals surface area (Å²) in [6.45, 7) is 4.94. The van der Waals surface area contributed by atoms with E-state index in [2.05, 4.69) is 20.5 Å². The highest BCUT2D eigenvalue weighted by Crippen LogP contribution is 2.24. The second kappa shape index (κ2) is 5.16. The minimum Gasteiger partial charge on any atom is -0.337 e. The minimum absolute atomic E-state index is 0.234. The maximum atomic E-state index is 13.8. The van der Waals surface area contributed by atoms with Crippen molar-refractivity contribution in [3.05, 3.63) is 29.3 Å². The van der Waals surface area contributed by atoms with Gasteiger partial charge in [0.25, 0.3) is 0 Å². The first-order valence-corrected chi connectivity index (χ1v) is 6.49. The van der Waals surface area contributed by atoms with Crippen LogP contribution in [0.5, 0.6) is 0 Å². The van der Waals surface area contributed by atoms with E-state index in [-0.39, 0.29) is 5.56 Å². The Morgan fingerprint density at radius 1 is 1.15 bits per heavy atom. The Balaban J connectivity index is 1.91. The van der Waals surface area contributed by atoms with Crippen LogP contribution in [0.4, 0.5) is 14.7 Å². The van der Waals surface area contributed by atoms with Gasteiger partial charge in [-0.2, -0.15) is 4.98 Å². The average Bonchev–Trinajstić information content (AvgIpc) is 2.93. The molecule has 0 spiro atoms. The molecule has 0 radical (unpaired) electrons. The molecule has 1 fully saturated rings. The third-order valence-electron chi connectivity index (χ3n) is 3.38. The van der Waals surface area contributed by atoms with Gasteiger partial charge in [-0.05, 0) is 18.6 Å². The lowest BCUT2D eigenvalue weighted by Crippen LogP contribution is -2.44. The van der Waals surface area contributed by atoms with Gasteiger partial charge in [0.2, 0.25) is 5.95 Å². The molecule has 0 aliphatic carbocycles. The molecule has 2 heterocycles. The van der Waals surface area contributed by atoms with E-state index in [0.717, 1.165) is 32.2 Å². The highest BCUT2D eigenvalue weighted by Gasteiger charge is 2.17. The summed E-state index contributed by atoms with van der Waals surface area (Å²) in [5.74, 6) is -0.341. The van der Waals surface area contributed by atoms with Gasteiger partial charge in [-0.3, -0.25) is 5.10 Å². The number of nitrogens with zero attached hydrogens (tertiary/aromatic N) is 3. The third-order valence-corrected chi connectivity index (χ3v) is 3.38. The molecule has 2 aromatic rings. The van der Waals surface area contributed by atoms with Crippen molar-refractivity contribution in [1.29, 1.82) is 0 Å². The monoisotopic (exact) mass is 279 g/mol. The van der Waals surface area contributed by atoms with Gasteiger partial charge < -0.3 is 10.2 Å². The number of aromatic amines is 1. The normalized spacial score (nSPS) is 15.7. The molecule has 1 saturated heterocycles. The summed E-state index contributed by atoms with van der Waals surface area (Å²) >= 11 is 0. The van der Waals surface area contributed by atoms with Gasteiger partial charge in [-0.1, -0.05) is 0 Å². The van der Waals surface area contributed by atoms with Crippen LogP contribution in [0.15, 0.2) is 12.1 Å². The SMILES string of the molecule is Cc1cc(-c2nc(N3CCNCC3)n[nH]2)c(F)cc1F. The van der Waals surface area contributed by atoms with Crippen LogP contribution in [0.2, 0.25) is 0 Å². The summed E-state index contributed by atoms with van der Waals surface area (Å²) < 4.78 is 27.1. The maximum absolute atomic E-state index is 13.8. The Bertz CT molecular complexity index is 619. The molecular weight excluding hydrogens is 264 g/mol. The van der Waals surface area contributed by atoms with E-state index < -0.39 is 11.6 Å². The molecule has 106 valence electrons. The lowest BCUT2D eigenvalue weighted by molar-refractivity contribution is 0.578. The molecule has 7 heteroatoms. The van der Waals surface area contributed by atoms with Crippen LogP contribution in [0, 0.1) is 18.6 Å². The molecule has 1 aromatic heterocycles. The molecular formula is C13H15F2N5. The summed E-state index contributed by atoms with van der Waals surface area (Å²) in [7, 11) is 0. The number of nitrogens with one attached hydrogen (secondary N) is 2. The van der Waals surface area contributed by atoms with Crippen LogP contribution in [-0.2, 0) is 0 Å². The van der Waals surface area contributed by atoms with E-state index in [0.29, 0.717) is 17.3 Å². The number of halogens is 2. The number of hydrogen-bond donors (Lipinski definition) is 2. The first-order valence-electron chi connectivity index (χ1n) is 6.49. The second-order valence-corrected chi connectivity index (χ2v) is 4.80. The van der Waals surface area contributed by atoms with E-state index >= 15 is 0 Å². The van der Waals surface area contributed by atoms with Crippen LogP contribution in [-0.4, -0.2) is 41.4 Å². The van der Waals surface area contributed by atoms with E-state index in [4.69, 9.17) is 0 Å².